The molecule has 0 aliphatic heterocycles. The molecule has 98 valence electrons. The average Bonchev–Trinajstić information content (AvgIpc) is 2.45. The van der Waals surface area contributed by atoms with Gasteiger partial charge in [0, 0.05) is 37.5 Å². The summed E-state index contributed by atoms with van der Waals surface area (Å²) in [5, 5.41) is 0. The standard InChI is InChI=1S/C16H18N2O/c1-13-7-3-4-9-15(13)16(19)18(2)12-10-14-8-5-6-11-17-14/h3-9,11H,10,12H2,1-2H3. The third-order valence-corrected chi connectivity index (χ3v) is 3.15. The summed E-state index contributed by atoms with van der Waals surface area (Å²) < 4.78 is 0. The van der Waals surface area contributed by atoms with E-state index in [1.54, 1.807) is 11.1 Å². The Bertz CT molecular complexity index is 552. The van der Waals surface area contributed by atoms with Crippen LogP contribution in [0.2, 0.25) is 0 Å². The molecule has 0 unspecified atom stereocenters. The van der Waals surface area contributed by atoms with E-state index < -0.39 is 0 Å². The number of carbonyl (C=O) groups is 1. The molecule has 0 spiro atoms. The Kier molecular flexibility index (Phi) is 4.29. The first-order valence-corrected chi connectivity index (χ1v) is 6.39. The Labute approximate surface area is 113 Å². The van der Waals surface area contributed by atoms with E-state index in [2.05, 4.69) is 4.98 Å². The molecule has 0 N–H and O–H groups in total. The predicted octanol–water partition coefficient (Wildman–Crippen LogP) is 2.70. The first kappa shape index (κ1) is 13.3. The van der Waals surface area contributed by atoms with E-state index in [9.17, 15) is 4.79 Å². The van der Waals surface area contributed by atoms with Gasteiger partial charge in [-0.1, -0.05) is 24.3 Å². The summed E-state index contributed by atoms with van der Waals surface area (Å²) in [6.45, 7) is 2.63. The van der Waals surface area contributed by atoms with Gasteiger partial charge < -0.3 is 4.90 Å². The summed E-state index contributed by atoms with van der Waals surface area (Å²) >= 11 is 0. The Morgan fingerprint density at radius 2 is 1.89 bits per heavy atom. The highest BCUT2D eigenvalue weighted by atomic mass is 16.2. The lowest BCUT2D eigenvalue weighted by Crippen LogP contribution is -2.29. The summed E-state index contributed by atoms with van der Waals surface area (Å²) in [7, 11) is 1.83. The second kappa shape index (κ2) is 6.14. The van der Waals surface area contributed by atoms with E-state index in [0.29, 0.717) is 6.54 Å². The highest BCUT2D eigenvalue weighted by molar-refractivity contribution is 5.95. The van der Waals surface area contributed by atoms with Crippen molar-refractivity contribution in [3.05, 3.63) is 65.5 Å². The van der Waals surface area contributed by atoms with Crippen LogP contribution in [-0.4, -0.2) is 29.4 Å². The Balaban J connectivity index is 1.99. The molecule has 0 aliphatic carbocycles. The maximum Gasteiger partial charge on any atom is 0.253 e. The lowest BCUT2D eigenvalue weighted by atomic mass is 10.1. The van der Waals surface area contributed by atoms with Crippen LogP contribution in [-0.2, 0) is 6.42 Å². The van der Waals surface area contributed by atoms with E-state index in [-0.39, 0.29) is 5.91 Å². The van der Waals surface area contributed by atoms with Crippen LogP contribution in [0.1, 0.15) is 21.6 Å². The normalized spacial score (nSPS) is 10.2. The summed E-state index contributed by atoms with van der Waals surface area (Å²) in [5.74, 6) is 0.0639. The molecule has 0 atom stereocenters. The second-order valence-electron chi connectivity index (χ2n) is 4.61. The molecule has 1 aromatic heterocycles. The second-order valence-corrected chi connectivity index (χ2v) is 4.61. The number of hydrogen-bond donors (Lipinski definition) is 0. The molecule has 0 saturated carbocycles. The van der Waals surface area contributed by atoms with E-state index >= 15 is 0 Å². The molecule has 1 amide bonds. The fourth-order valence-corrected chi connectivity index (χ4v) is 1.95. The molecule has 2 rings (SSSR count). The fraction of sp³-hybridized carbons (Fsp3) is 0.250. The fourth-order valence-electron chi connectivity index (χ4n) is 1.95. The number of amides is 1. The first-order chi connectivity index (χ1) is 9.18. The van der Waals surface area contributed by atoms with Crippen LogP contribution in [0.4, 0.5) is 0 Å². The highest BCUT2D eigenvalue weighted by Crippen LogP contribution is 2.10. The van der Waals surface area contributed by atoms with Crippen molar-refractivity contribution in [2.45, 2.75) is 13.3 Å². The minimum Gasteiger partial charge on any atom is -0.341 e. The van der Waals surface area contributed by atoms with Crippen molar-refractivity contribution >= 4 is 5.91 Å². The van der Waals surface area contributed by atoms with Crippen LogP contribution >= 0.6 is 0 Å². The maximum atomic E-state index is 12.3. The smallest absolute Gasteiger partial charge is 0.253 e. The predicted molar refractivity (Wildman–Crippen MR) is 76.1 cm³/mol. The highest BCUT2D eigenvalue weighted by Gasteiger charge is 2.13. The van der Waals surface area contributed by atoms with Crippen LogP contribution in [0.15, 0.2) is 48.7 Å². The van der Waals surface area contributed by atoms with Crippen molar-refractivity contribution < 1.29 is 4.79 Å². The number of rotatable bonds is 4. The first-order valence-electron chi connectivity index (χ1n) is 6.39. The number of aromatic nitrogens is 1. The van der Waals surface area contributed by atoms with Crippen molar-refractivity contribution in [1.82, 2.24) is 9.88 Å². The number of carbonyl (C=O) groups excluding carboxylic acids is 1. The minimum absolute atomic E-state index is 0.0639. The van der Waals surface area contributed by atoms with Crippen LogP contribution in [0.25, 0.3) is 0 Å². The molecule has 3 heteroatoms. The summed E-state index contributed by atoms with van der Waals surface area (Å²) in [6.07, 6.45) is 2.55. The third-order valence-electron chi connectivity index (χ3n) is 3.15. The number of likely N-dealkylation sites (N-methyl/N-ethyl adjacent to an activating group) is 1. The van der Waals surface area contributed by atoms with Crippen LogP contribution in [0, 0.1) is 6.92 Å². The molecule has 2 aromatic rings. The molecule has 0 aliphatic rings. The molecule has 0 bridgehead atoms. The minimum atomic E-state index is 0.0639. The van der Waals surface area contributed by atoms with Crippen molar-refractivity contribution in [1.29, 1.82) is 0 Å². The van der Waals surface area contributed by atoms with Gasteiger partial charge in [-0.25, -0.2) is 0 Å². The number of pyridine rings is 1. The molecule has 0 saturated heterocycles. The number of aryl methyl sites for hydroxylation is 1. The van der Waals surface area contributed by atoms with Gasteiger partial charge in [-0.15, -0.1) is 0 Å². The maximum absolute atomic E-state index is 12.3. The van der Waals surface area contributed by atoms with E-state index in [4.69, 9.17) is 0 Å². The number of nitrogens with zero attached hydrogens (tertiary/aromatic N) is 2. The lowest BCUT2D eigenvalue weighted by molar-refractivity contribution is 0.0795. The lowest BCUT2D eigenvalue weighted by Gasteiger charge is -2.18. The van der Waals surface area contributed by atoms with Gasteiger partial charge in [0.1, 0.15) is 0 Å². The van der Waals surface area contributed by atoms with Gasteiger partial charge in [-0.05, 0) is 30.7 Å². The zero-order valence-electron chi connectivity index (χ0n) is 11.3. The van der Waals surface area contributed by atoms with Gasteiger partial charge >= 0.3 is 0 Å². The zero-order chi connectivity index (χ0) is 13.7. The van der Waals surface area contributed by atoms with Crippen molar-refractivity contribution in [2.75, 3.05) is 13.6 Å². The van der Waals surface area contributed by atoms with Crippen molar-refractivity contribution in [3.8, 4) is 0 Å². The van der Waals surface area contributed by atoms with Crippen molar-refractivity contribution in [3.63, 3.8) is 0 Å². The van der Waals surface area contributed by atoms with E-state index in [1.165, 1.54) is 0 Å². The Hall–Kier alpha value is -2.16. The quantitative estimate of drug-likeness (QED) is 0.840. The van der Waals surface area contributed by atoms with Crippen LogP contribution in [0.3, 0.4) is 0 Å². The van der Waals surface area contributed by atoms with Gasteiger partial charge in [0.25, 0.3) is 5.91 Å². The molecule has 19 heavy (non-hydrogen) atoms. The van der Waals surface area contributed by atoms with Gasteiger partial charge in [-0.2, -0.15) is 0 Å². The van der Waals surface area contributed by atoms with Crippen molar-refractivity contribution in [2.24, 2.45) is 0 Å². The Morgan fingerprint density at radius 3 is 2.58 bits per heavy atom. The van der Waals surface area contributed by atoms with Gasteiger partial charge in [0.15, 0.2) is 0 Å². The average molecular weight is 254 g/mol. The SMILES string of the molecule is Cc1ccccc1C(=O)N(C)CCc1ccccn1. The summed E-state index contributed by atoms with van der Waals surface area (Å²) in [6, 6.07) is 13.5. The molecular weight excluding hydrogens is 236 g/mol. The number of benzene rings is 1. The van der Waals surface area contributed by atoms with Crippen LogP contribution < -0.4 is 0 Å². The van der Waals surface area contributed by atoms with Gasteiger partial charge in [-0.3, -0.25) is 9.78 Å². The monoisotopic (exact) mass is 254 g/mol. The number of hydrogen-bond acceptors (Lipinski definition) is 2. The molecular formula is C16H18N2O. The third kappa shape index (κ3) is 3.41. The van der Waals surface area contributed by atoms with E-state index in [1.807, 2.05) is 56.4 Å². The largest absolute Gasteiger partial charge is 0.341 e. The summed E-state index contributed by atoms with van der Waals surface area (Å²) in [4.78, 5) is 18.3. The topological polar surface area (TPSA) is 33.2 Å². The Morgan fingerprint density at radius 1 is 1.16 bits per heavy atom. The van der Waals surface area contributed by atoms with Gasteiger partial charge in [0.2, 0.25) is 0 Å². The summed E-state index contributed by atoms with van der Waals surface area (Å²) in [5.41, 5.74) is 2.79. The molecule has 1 heterocycles. The molecule has 0 radical (unpaired) electrons. The van der Waals surface area contributed by atoms with E-state index in [0.717, 1.165) is 23.2 Å². The molecule has 3 nitrogen and oxygen atoms in total. The van der Waals surface area contributed by atoms with Gasteiger partial charge in [0.05, 0.1) is 0 Å². The molecule has 0 fully saturated rings. The van der Waals surface area contributed by atoms with Crippen LogP contribution in [0.5, 0.6) is 0 Å². The molecule has 1 aromatic carbocycles. The zero-order valence-corrected chi connectivity index (χ0v) is 11.3.